The third-order valence-corrected chi connectivity index (χ3v) is 3.16. The highest BCUT2D eigenvalue weighted by molar-refractivity contribution is 14.1. The zero-order valence-corrected chi connectivity index (χ0v) is 12.5. The van der Waals surface area contributed by atoms with Crippen LogP contribution >= 0.6 is 22.6 Å². The molecule has 18 heavy (non-hydrogen) atoms. The third kappa shape index (κ3) is 3.66. The number of anilines is 1. The number of halogens is 1. The maximum absolute atomic E-state index is 4.40. The third-order valence-electron chi connectivity index (χ3n) is 2.60. The second-order valence-electron chi connectivity index (χ2n) is 4.11. The van der Waals surface area contributed by atoms with E-state index >= 15 is 0 Å². The molecule has 0 unspecified atom stereocenters. The summed E-state index contributed by atoms with van der Waals surface area (Å²) in [7, 11) is 0. The van der Waals surface area contributed by atoms with E-state index in [0.29, 0.717) is 0 Å². The Morgan fingerprint density at radius 1 is 1.11 bits per heavy atom. The van der Waals surface area contributed by atoms with Crippen LogP contribution in [0.4, 0.5) is 5.95 Å². The van der Waals surface area contributed by atoms with Gasteiger partial charge in [-0.25, -0.2) is 9.97 Å². The summed E-state index contributed by atoms with van der Waals surface area (Å²) in [6.07, 6.45) is 4.80. The van der Waals surface area contributed by atoms with Crippen molar-refractivity contribution in [3.8, 4) is 0 Å². The maximum Gasteiger partial charge on any atom is 0.225 e. The van der Waals surface area contributed by atoms with Crippen LogP contribution in [0.15, 0.2) is 42.7 Å². The van der Waals surface area contributed by atoms with Crippen molar-refractivity contribution < 1.29 is 0 Å². The lowest BCUT2D eigenvalue weighted by Crippen LogP contribution is -2.25. The molecule has 0 aliphatic heterocycles. The maximum atomic E-state index is 4.40. The monoisotopic (exact) mass is 353 g/mol. The zero-order chi connectivity index (χ0) is 12.8. The molecule has 0 radical (unpaired) electrons. The highest BCUT2D eigenvalue weighted by atomic mass is 127. The molecule has 3 nitrogen and oxygen atoms in total. The first kappa shape index (κ1) is 13.3. The average molecular weight is 353 g/mol. The fraction of sp³-hybridized carbons (Fsp3) is 0.286. The molecule has 94 valence electrons. The molecule has 0 fully saturated rings. The second kappa shape index (κ2) is 6.68. The van der Waals surface area contributed by atoms with Crippen LogP contribution in [0.3, 0.4) is 0 Å². The van der Waals surface area contributed by atoms with Gasteiger partial charge in [0, 0.05) is 29.1 Å². The van der Waals surface area contributed by atoms with Crippen molar-refractivity contribution in [2.45, 2.75) is 19.9 Å². The van der Waals surface area contributed by atoms with Crippen LogP contribution in [0.2, 0.25) is 0 Å². The van der Waals surface area contributed by atoms with E-state index in [4.69, 9.17) is 0 Å². The summed E-state index contributed by atoms with van der Waals surface area (Å²) in [4.78, 5) is 11.0. The molecule has 4 heteroatoms. The van der Waals surface area contributed by atoms with E-state index in [-0.39, 0.29) is 0 Å². The average Bonchev–Trinajstić information content (AvgIpc) is 2.40. The van der Waals surface area contributed by atoms with Crippen molar-refractivity contribution in [2.75, 3.05) is 11.4 Å². The van der Waals surface area contributed by atoms with Gasteiger partial charge in [-0.1, -0.05) is 37.3 Å². The van der Waals surface area contributed by atoms with E-state index < -0.39 is 0 Å². The van der Waals surface area contributed by atoms with Gasteiger partial charge in [-0.05, 0) is 34.6 Å². The van der Waals surface area contributed by atoms with Gasteiger partial charge in [-0.2, -0.15) is 0 Å². The van der Waals surface area contributed by atoms with E-state index in [9.17, 15) is 0 Å². The molecule has 1 aromatic carbocycles. The molecule has 2 aromatic rings. The molecular formula is C14H16IN3. The van der Waals surface area contributed by atoms with Crippen molar-refractivity contribution in [1.29, 1.82) is 0 Å². The minimum Gasteiger partial charge on any atom is -0.337 e. The first-order valence-electron chi connectivity index (χ1n) is 6.06. The molecule has 1 aromatic heterocycles. The Kier molecular flexibility index (Phi) is 4.92. The normalized spacial score (nSPS) is 10.3. The van der Waals surface area contributed by atoms with E-state index in [0.717, 1.165) is 29.0 Å². The zero-order valence-electron chi connectivity index (χ0n) is 10.4. The summed E-state index contributed by atoms with van der Waals surface area (Å²) in [5.74, 6) is 0.807. The minimum absolute atomic E-state index is 0.807. The van der Waals surface area contributed by atoms with Gasteiger partial charge in [0.25, 0.3) is 0 Å². The van der Waals surface area contributed by atoms with Crippen LogP contribution in [0.5, 0.6) is 0 Å². The number of hydrogen-bond donors (Lipinski definition) is 0. The van der Waals surface area contributed by atoms with Crippen molar-refractivity contribution >= 4 is 28.5 Å². The number of hydrogen-bond acceptors (Lipinski definition) is 3. The van der Waals surface area contributed by atoms with Crippen molar-refractivity contribution in [2.24, 2.45) is 0 Å². The van der Waals surface area contributed by atoms with Crippen LogP contribution in [-0.2, 0) is 6.54 Å². The van der Waals surface area contributed by atoms with Gasteiger partial charge >= 0.3 is 0 Å². The largest absolute Gasteiger partial charge is 0.337 e. The molecular weight excluding hydrogens is 337 g/mol. The van der Waals surface area contributed by atoms with E-state index in [1.165, 1.54) is 5.56 Å². The van der Waals surface area contributed by atoms with Gasteiger partial charge in [-0.15, -0.1) is 0 Å². The lowest BCUT2D eigenvalue weighted by atomic mass is 10.2. The fourth-order valence-electron chi connectivity index (χ4n) is 1.79. The van der Waals surface area contributed by atoms with Crippen LogP contribution in [0, 0.1) is 3.57 Å². The van der Waals surface area contributed by atoms with Gasteiger partial charge < -0.3 is 4.90 Å². The Balaban J connectivity index is 2.15. The Morgan fingerprint density at radius 3 is 2.39 bits per heavy atom. The number of aromatic nitrogens is 2. The fourth-order valence-corrected chi connectivity index (χ4v) is 2.07. The standard InChI is InChI=1S/C14H16IN3/c1-2-8-18(11-12-6-4-3-5-7-12)14-16-9-13(15)10-17-14/h3-7,9-10H,2,8,11H2,1H3. The second-order valence-corrected chi connectivity index (χ2v) is 5.35. The Bertz CT molecular complexity index is 470. The first-order chi connectivity index (χ1) is 8.79. The predicted molar refractivity (Wildman–Crippen MR) is 82.5 cm³/mol. The molecule has 1 heterocycles. The van der Waals surface area contributed by atoms with Crippen LogP contribution in [-0.4, -0.2) is 16.5 Å². The summed E-state index contributed by atoms with van der Waals surface area (Å²) in [6.45, 7) is 4.00. The Labute approximate surface area is 121 Å². The molecule has 0 N–H and O–H groups in total. The lowest BCUT2D eigenvalue weighted by molar-refractivity contribution is 0.738. The predicted octanol–water partition coefficient (Wildman–Crippen LogP) is 3.50. The summed E-state index contributed by atoms with van der Waals surface area (Å²) >= 11 is 2.22. The highest BCUT2D eigenvalue weighted by Gasteiger charge is 2.08. The lowest BCUT2D eigenvalue weighted by Gasteiger charge is -2.21. The van der Waals surface area contributed by atoms with E-state index in [1.807, 2.05) is 18.5 Å². The molecule has 0 bridgehead atoms. The SMILES string of the molecule is CCCN(Cc1ccccc1)c1ncc(I)cn1. The quantitative estimate of drug-likeness (QED) is 0.771. The van der Waals surface area contributed by atoms with Gasteiger partial charge in [-0.3, -0.25) is 0 Å². The molecule has 0 amide bonds. The summed E-state index contributed by atoms with van der Waals surface area (Å²) in [6, 6.07) is 10.4. The molecule has 2 rings (SSSR count). The first-order valence-corrected chi connectivity index (χ1v) is 7.14. The molecule has 0 atom stereocenters. The minimum atomic E-state index is 0.807. The van der Waals surface area contributed by atoms with Crippen LogP contribution in [0.25, 0.3) is 0 Å². The smallest absolute Gasteiger partial charge is 0.225 e. The number of benzene rings is 1. The molecule has 0 aliphatic carbocycles. The highest BCUT2D eigenvalue weighted by Crippen LogP contribution is 2.13. The molecule has 0 aliphatic rings. The van der Waals surface area contributed by atoms with Crippen molar-refractivity contribution in [3.05, 3.63) is 51.9 Å². The molecule has 0 spiro atoms. The Morgan fingerprint density at radius 2 is 1.78 bits per heavy atom. The van der Waals surface area contributed by atoms with Crippen molar-refractivity contribution in [1.82, 2.24) is 9.97 Å². The molecule has 0 saturated carbocycles. The van der Waals surface area contributed by atoms with Crippen LogP contribution < -0.4 is 4.90 Å². The van der Waals surface area contributed by atoms with E-state index in [1.54, 1.807) is 0 Å². The number of nitrogens with zero attached hydrogens (tertiary/aromatic N) is 3. The Hall–Kier alpha value is -1.17. The van der Waals surface area contributed by atoms with Gasteiger partial charge in [0.05, 0.1) is 0 Å². The van der Waals surface area contributed by atoms with Gasteiger partial charge in [0.2, 0.25) is 5.95 Å². The van der Waals surface area contributed by atoms with Gasteiger partial charge in [0.15, 0.2) is 0 Å². The van der Waals surface area contributed by atoms with Gasteiger partial charge in [0.1, 0.15) is 0 Å². The van der Waals surface area contributed by atoms with Crippen LogP contribution in [0.1, 0.15) is 18.9 Å². The van der Waals surface area contributed by atoms with E-state index in [2.05, 4.69) is 68.6 Å². The molecule has 0 saturated heterocycles. The number of rotatable bonds is 5. The summed E-state index contributed by atoms with van der Waals surface area (Å²) in [5.41, 5.74) is 1.29. The summed E-state index contributed by atoms with van der Waals surface area (Å²) < 4.78 is 1.06. The van der Waals surface area contributed by atoms with Crippen molar-refractivity contribution in [3.63, 3.8) is 0 Å². The summed E-state index contributed by atoms with van der Waals surface area (Å²) in [5, 5.41) is 0. The topological polar surface area (TPSA) is 29.0 Å².